The predicted molar refractivity (Wildman–Crippen MR) is 72.1 cm³/mol. The van der Waals surface area contributed by atoms with Crippen LogP contribution in [-0.2, 0) is 7.05 Å². The van der Waals surface area contributed by atoms with E-state index in [4.69, 9.17) is 5.73 Å². The van der Waals surface area contributed by atoms with E-state index in [0.717, 1.165) is 5.69 Å². The highest BCUT2D eigenvalue weighted by molar-refractivity contribution is 6.10. The molecule has 0 atom stereocenters. The van der Waals surface area contributed by atoms with Crippen LogP contribution in [0.5, 0.6) is 0 Å². The molecule has 0 aliphatic carbocycles. The molecule has 0 unspecified atom stereocenters. The van der Waals surface area contributed by atoms with Crippen LogP contribution in [0.15, 0.2) is 24.3 Å². The van der Waals surface area contributed by atoms with Gasteiger partial charge in [0.15, 0.2) is 0 Å². The molecule has 0 bridgehead atoms. The summed E-state index contributed by atoms with van der Waals surface area (Å²) in [6, 6.07) is 8.33. The number of rotatable bonds is 0. The first-order valence-electron chi connectivity index (χ1n) is 5.70. The minimum Gasteiger partial charge on any atom is -0.384 e. The van der Waals surface area contributed by atoms with E-state index in [9.17, 15) is 0 Å². The molecule has 0 radical (unpaired) electrons. The van der Waals surface area contributed by atoms with Crippen LogP contribution in [0, 0.1) is 13.8 Å². The van der Waals surface area contributed by atoms with Gasteiger partial charge in [-0.3, -0.25) is 0 Å². The Morgan fingerprint density at radius 1 is 1.24 bits per heavy atom. The molecule has 0 aliphatic rings. The fourth-order valence-corrected chi connectivity index (χ4v) is 2.71. The maximum absolute atomic E-state index is 5.85. The van der Waals surface area contributed by atoms with Crippen molar-refractivity contribution in [1.82, 2.24) is 9.55 Å². The SMILES string of the molecule is Cc1cccc2c1c1cc(N)nc(C)c1n2C. The van der Waals surface area contributed by atoms with Crippen LogP contribution >= 0.6 is 0 Å². The summed E-state index contributed by atoms with van der Waals surface area (Å²) in [5.74, 6) is 0.589. The zero-order valence-corrected chi connectivity index (χ0v) is 10.3. The number of nitrogen functional groups attached to an aromatic ring is 1. The van der Waals surface area contributed by atoms with Crippen molar-refractivity contribution < 1.29 is 0 Å². The molecule has 3 heteroatoms. The molecule has 0 fully saturated rings. The van der Waals surface area contributed by atoms with Gasteiger partial charge in [0.05, 0.1) is 11.2 Å². The highest BCUT2D eigenvalue weighted by atomic mass is 15.0. The topological polar surface area (TPSA) is 43.8 Å². The van der Waals surface area contributed by atoms with E-state index < -0.39 is 0 Å². The molecule has 17 heavy (non-hydrogen) atoms. The number of anilines is 1. The summed E-state index contributed by atoms with van der Waals surface area (Å²) in [5.41, 5.74) is 10.5. The van der Waals surface area contributed by atoms with Crippen LogP contribution in [0.25, 0.3) is 21.8 Å². The van der Waals surface area contributed by atoms with Gasteiger partial charge in [0.25, 0.3) is 0 Å². The third kappa shape index (κ3) is 1.25. The first-order valence-corrected chi connectivity index (χ1v) is 5.70. The second-order valence-electron chi connectivity index (χ2n) is 4.56. The van der Waals surface area contributed by atoms with Gasteiger partial charge in [-0.25, -0.2) is 4.98 Å². The first kappa shape index (κ1) is 10.1. The molecule has 3 rings (SSSR count). The molecule has 3 nitrogen and oxygen atoms in total. The Hall–Kier alpha value is -2.03. The molecule has 2 N–H and O–H groups in total. The molecular formula is C14H15N3. The maximum Gasteiger partial charge on any atom is 0.124 e. The van der Waals surface area contributed by atoms with Gasteiger partial charge in [0.1, 0.15) is 5.82 Å². The smallest absolute Gasteiger partial charge is 0.124 e. The molecule has 0 saturated heterocycles. The number of aromatic nitrogens is 2. The number of pyridine rings is 1. The summed E-state index contributed by atoms with van der Waals surface area (Å²) >= 11 is 0. The summed E-state index contributed by atoms with van der Waals surface area (Å²) in [7, 11) is 2.08. The number of hydrogen-bond acceptors (Lipinski definition) is 2. The molecule has 2 aromatic heterocycles. The van der Waals surface area contributed by atoms with Crippen molar-refractivity contribution in [3.63, 3.8) is 0 Å². The average molecular weight is 225 g/mol. The van der Waals surface area contributed by atoms with E-state index in [1.54, 1.807) is 0 Å². The molecule has 0 aliphatic heterocycles. The van der Waals surface area contributed by atoms with Gasteiger partial charge in [-0.15, -0.1) is 0 Å². The lowest BCUT2D eigenvalue weighted by Gasteiger charge is -2.01. The second kappa shape index (κ2) is 3.23. The Morgan fingerprint density at radius 3 is 2.76 bits per heavy atom. The van der Waals surface area contributed by atoms with Crippen LogP contribution in [0.2, 0.25) is 0 Å². The molecule has 0 saturated carbocycles. The predicted octanol–water partition coefficient (Wildman–Crippen LogP) is 2.93. The van der Waals surface area contributed by atoms with Crippen molar-refractivity contribution in [2.45, 2.75) is 13.8 Å². The normalized spacial score (nSPS) is 11.5. The van der Waals surface area contributed by atoms with Crippen LogP contribution in [-0.4, -0.2) is 9.55 Å². The number of hydrogen-bond donors (Lipinski definition) is 1. The van der Waals surface area contributed by atoms with Crippen LogP contribution in [0.3, 0.4) is 0 Å². The van der Waals surface area contributed by atoms with Gasteiger partial charge in [0.2, 0.25) is 0 Å². The Balaban J connectivity index is 2.70. The van der Waals surface area contributed by atoms with E-state index in [1.165, 1.54) is 27.4 Å². The monoisotopic (exact) mass is 225 g/mol. The Bertz CT molecular complexity index is 738. The first-order chi connectivity index (χ1) is 8.09. The van der Waals surface area contributed by atoms with Crippen LogP contribution < -0.4 is 5.73 Å². The van der Waals surface area contributed by atoms with Gasteiger partial charge < -0.3 is 10.3 Å². The third-order valence-electron chi connectivity index (χ3n) is 3.40. The Morgan fingerprint density at radius 2 is 2.00 bits per heavy atom. The lowest BCUT2D eigenvalue weighted by molar-refractivity contribution is 0.998. The number of nitrogens with two attached hydrogens (primary N) is 1. The van der Waals surface area contributed by atoms with Gasteiger partial charge >= 0.3 is 0 Å². The van der Waals surface area contributed by atoms with Crippen molar-refractivity contribution >= 4 is 27.6 Å². The van der Waals surface area contributed by atoms with Crippen molar-refractivity contribution in [2.24, 2.45) is 7.05 Å². The van der Waals surface area contributed by atoms with Crippen LogP contribution in [0.4, 0.5) is 5.82 Å². The highest BCUT2D eigenvalue weighted by Gasteiger charge is 2.12. The summed E-state index contributed by atoms with van der Waals surface area (Å²) < 4.78 is 2.19. The van der Waals surface area contributed by atoms with Crippen molar-refractivity contribution in [2.75, 3.05) is 5.73 Å². The van der Waals surface area contributed by atoms with Gasteiger partial charge in [-0.1, -0.05) is 12.1 Å². The number of aryl methyl sites for hydroxylation is 3. The van der Waals surface area contributed by atoms with Crippen LogP contribution in [0.1, 0.15) is 11.3 Å². The van der Waals surface area contributed by atoms with E-state index in [-0.39, 0.29) is 0 Å². The summed E-state index contributed by atoms with van der Waals surface area (Å²) in [5, 5.41) is 2.48. The van der Waals surface area contributed by atoms with Gasteiger partial charge in [0, 0.05) is 23.3 Å². The van der Waals surface area contributed by atoms with Gasteiger partial charge in [-0.05, 0) is 31.5 Å². The second-order valence-corrected chi connectivity index (χ2v) is 4.56. The standard InChI is InChI=1S/C14H15N3/c1-8-5-4-6-11-13(8)10-7-12(15)16-9(2)14(10)17(11)3/h4-7H,1-3H3,(H2,15,16). The van der Waals surface area contributed by atoms with Gasteiger partial charge in [-0.2, -0.15) is 0 Å². The fourth-order valence-electron chi connectivity index (χ4n) is 2.71. The lowest BCUT2D eigenvalue weighted by atomic mass is 10.1. The van der Waals surface area contributed by atoms with E-state index in [2.05, 4.69) is 41.7 Å². The maximum atomic E-state index is 5.85. The number of benzene rings is 1. The third-order valence-corrected chi connectivity index (χ3v) is 3.40. The average Bonchev–Trinajstić information content (AvgIpc) is 2.54. The quantitative estimate of drug-likeness (QED) is 0.639. The summed E-state index contributed by atoms with van der Waals surface area (Å²) in [4.78, 5) is 4.34. The van der Waals surface area contributed by atoms with Crippen molar-refractivity contribution in [3.05, 3.63) is 35.5 Å². The Labute approximate surface area is 99.9 Å². The van der Waals surface area contributed by atoms with Crippen molar-refractivity contribution in [1.29, 1.82) is 0 Å². The fraction of sp³-hybridized carbons (Fsp3) is 0.214. The minimum atomic E-state index is 0.589. The van der Waals surface area contributed by atoms with E-state index >= 15 is 0 Å². The largest absolute Gasteiger partial charge is 0.384 e. The molecule has 86 valence electrons. The summed E-state index contributed by atoms with van der Waals surface area (Å²) in [6.45, 7) is 4.14. The zero-order chi connectivity index (χ0) is 12.2. The molecule has 0 spiro atoms. The number of fused-ring (bicyclic) bond motifs is 3. The zero-order valence-electron chi connectivity index (χ0n) is 10.3. The minimum absolute atomic E-state index is 0.589. The highest BCUT2D eigenvalue weighted by Crippen LogP contribution is 2.32. The van der Waals surface area contributed by atoms with E-state index in [0.29, 0.717) is 5.82 Å². The Kier molecular flexibility index (Phi) is 1.93. The number of nitrogens with zero attached hydrogens (tertiary/aromatic N) is 2. The molecule has 1 aromatic carbocycles. The van der Waals surface area contributed by atoms with E-state index in [1.807, 2.05) is 13.0 Å². The summed E-state index contributed by atoms with van der Waals surface area (Å²) in [6.07, 6.45) is 0. The molecule has 0 amide bonds. The lowest BCUT2D eigenvalue weighted by Crippen LogP contribution is -1.95. The molecular weight excluding hydrogens is 210 g/mol. The van der Waals surface area contributed by atoms with Crippen molar-refractivity contribution in [3.8, 4) is 0 Å². The molecule has 3 aromatic rings. The molecule has 2 heterocycles.